The van der Waals surface area contributed by atoms with Gasteiger partial charge in [0.1, 0.15) is 6.61 Å². The first kappa shape index (κ1) is 14.6. The van der Waals surface area contributed by atoms with Crippen LogP contribution in [0.1, 0.15) is 19.8 Å². The van der Waals surface area contributed by atoms with Crippen LogP contribution in [0.4, 0.5) is 0 Å². The summed E-state index contributed by atoms with van der Waals surface area (Å²) in [5.41, 5.74) is 0. The van der Waals surface area contributed by atoms with E-state index in [2.05, 4.69) is 17.0 Å². The topological polar surface area (TPSA) is 64.6 Å². The molecule has 0 aliphatic heterocycles. The number of rotatable bonds is 8. The Balaban J connectivity index is 3.40. The van der Waals surface area contributed by atoms with Crippen molar-refractivity contribution in [3.8, 4) is 0 Å². The third-order valence-electron chi connectivity index (χ3n) is 1.75. The van der Waals surface area contributed by atoms with Crippen LogP contribution in [0.25, 0.3) is 0 Å². The lowest BCUT2D eigenvalue weighted by molar-refractivity contribution is -0.134. The minimum absolute atomic E-state index is 0.00915. The third kappa shape index (κ3) is 9.21. The Hall–Kier alpha value is -1.36. The van der Waals surface area contributed by atoms with E-state index in [0.29, 0.717) is 6.54 Å². The van der Waals surface area contributed by atoms with Crippen molar-refractivity contribution in [2.24, 2.45) is 0 Å². The lowest BCUT2D eigenvalue weighted by Gasteiger charge is -2.03. The van der Waals surface area contributed by atoms with Crippen LogP contribution in [0.5, 0.6) is 0 Å². The Labute approximate surface area is 95.8 Å². The van der Waals surface area contributed by atoms with E-state index in [4.69, 9.17) is 4.74 Å². The molecule has 0 heterocycles. The molecule has 0 rings (SSSR count). The molecule has 92 valence electrons. The van der Waals surface area contributed by atoms with E-state index < -0.39 is 5.97 Å². The molecule has 1 N–H and O–H groups in total. The summed E-state index contributed by atoms with van der Waals surface area (Å²) < 4.78 is 9.40. The van der Waals surface area contributed by atoms with Gasteiger partial charge >= 0.3 is 5.97 Å². The zero-order valence-corrected chi connectivity index (χ0v) is 9.82. The lowest BCUT2D eigenvalue weighted by atomic mass is 10.3. The van der Waals surface area contributed by atoms with Gasteiger partial charge in [-0.1, -0.05) is 19.4 Å². The summed E-state index contributed by atoms with van der Waals surface area (Å²) >= 11 is 0. The monoisotopic (exact) mass is 229 g/mol. The molecular formula is C11H19NO4. The molecule has 0 fully saturated rings. The van der Waals surface area contributed by atoms with E-state index in [1.54, 1.807) is 0 Å². The molecule has 0 aliphatic rings. The predicted molar refractivity (Wildman–Crippen MR) is 59.9 cm³/mol. The fraction of sp³-hybridized carbons (Fsp3) is 0.636. The Morgan fingerprint density at radius 1 is 1.38 bits per heavy atom. The fourth-order valence-corrected chi connectivity index (χ4v) is 0.888. The lowest BCUT2D eigenvalue weighted by Crippen LogP contribution is -2.28. The molecule has 0 aliphatic carbocycles. The second-order valence-electron chi connectivity index (χ2n) is 3.14. The van der Waals surface area contributed by atoms with Crippen LogP contribution in [-0.4, -0.2) is 38.7 Å². The van der Waals surface area contributed by atoms with Crippen LogP contribution < -0.4 is 5.32 Å². The number of nitrogens with one attached hydrogen (secondary N) is 1. The quantitative estimate of drug-likeness (QED) is 0.377. The van der Waals surface area contributed by atoms with Crippen LogP contribution in [0.3, 0.4) is 0 Å². The van der Waals surface area contributed by atoms with Gasteiger partial charge in [0.25, 0.3) is 0 Å². The van der Waals surface area contributed by atoms with Crippen LogP contribution in [0, 0.1) is 0 Å². The van der Waals surface area contributed by atoms with Crippen LogP contribution >= 0.6 is 0 Å². The standard InChI is InChI=1S/C11H19NO4/c1-3-4-7-12-10(13)9-16-8-5-6-11(14)15-2/h5-6H,3-4,7-9H2,1-2H3,(H,12,13)/b6-5+. The molecule has 5 nitrogen and oxygen atoms in total. The first-order valence-corrected chi connectivity index (χ1v) is 5.29. The van der Waals surface area contributed by atoms with Gasteiger partial charge in [-0.3, -0.25) is 4.79 Å². The number of hydrogen-bond acceptors (Lipinski definition) is 4. The highest BCUT2D eigenvalue weighted by molar-refractivity contribution is 5.81. The summed E-state index contributed by atoms with van der Waals surface area (Å²) in [5, 5.41) is 2.71. The maximum Gasteiger partial charge on any atom is 0.330 e. The van der Waals surface area contributed by atoms with E-state index in [9.17, 15) is 9.59 Å². The SMILES string of the molecule is CCCCNC(=O)COC/C=C/C(=O)OC. The van der Waals surface area contributed by atoms with E-state index >= 15 is 0 Å². The van der Waals surface area contributed by atoms with Crippen molar-refractivity contribution in [1.29, 1.82) is 0 Å². The number of carbonyl (C=O) groups excluding carboxylic acids is 2. The number of amides is 1. The van der Waals surface area contributed by atoms with Crippen molar-refractivity contribution in [3.05, 3.63) is 12.2 Å². The van der Waals surface area contributed by atoms with Gasteiger partial charge in [-0.15, -0.1) is 0 Å². The van der Waals surface area contributed by atoms with Crippen molar-refractivity contribution in [2.45, 2.75) is 19.8 Å². The van der Waals surface area contributed by atoms with E-state index in [1.807, 2.05) is 0 Å². The molecular weight excluding hydrogens is 210 g/mol. The Kier molecular flexibility index (Phi) is 9.30. The maximum absolute atomic E-state index is 11.1. The van der Waals surface area contributed by atoms with Crippen molar-refractivity contribution in [3.63, 3.8) is 0 Å². The van der Waals surface area contributed by atoms with Gasteiger partial charge in [0.05, 0.1) is 13.7 Å². The zero-order valence-electron chi connectivity index (χ0n) is 9.82. The maximum atomic E-state index is 11.1. The number of carbonyl (C=O) groups is 2. The highest BCUT2D eigenvalue weighted by atomic mass is 16.5. The predicted octanol–water partition coefficient (Wildman–Crippen LogP) is 0.648. The van der Waals surface area contributed by atoms with Crippen molar-refractivity contribution in [1.82, 2.24) is 5.32 Å². The average molecular weight is 229 g/mol. The largest absolute Gasteiger partial charge is 0.466 e. The Bertz CT molecular complexity index is 238. The highest BCUT2D eigenvalue weighted by Gasteiger charge is 1.98. The number of esters is 1. The summed E-state index contributed by atoms with van der Waals surface area (Å²) in [7, 11) is 1.30. The molecule has 0 aromatic carbocycles. The number of hydrogen-bond donors (Lipinski definition) is 1. The molecule has 0 radical (unpaired) electrons. The van der Waals surface area contributed by atoms with Crippen molar-refractivity contribution in [2.75, 3.05) is 26.9 Å². The fourth-order valence-electron chi connectivity index (χ4n) is 0.888. The molecule has 5 heteroatoms. The van der Waals surface area contributed by atoms with Crippen molar-refractivity contribution < 1.29 is 19.1 Å². The van der Waals surface area contributed by atoms with Crippen molar-refractivity contribution >= 4 is 11.9 Å². The first-order valence-electron chi connectivity index (χ1n) is 5.29. The van der Waals surface area contributed by atoms with Crippen LogP contribution in [0.15, 0.2) is 12.2 Å². The molecule has 0 atom stereocenters. The van der Waals surface area contributed by atoms with Gasteiger partial charge in [-0.05, 0) is 6.42 Å². The summed E-state index contributed by atoms with van der Waals surface area (Å²) in [6.07, 6.45) is 4.77. The molecule has 0 saturated heterocycles. The second-order valence-corrected chi connectivity index (χ2v) is 3.14. The van der Waals surface area contributed by atoms with Gasteiger partial charge in [-0.2, -0.15) is 0 Å². The molecule has 16 heavy (non-hydrogen) atoms. The smallest absolute Gasteiger partial charge is 0.330 e. The number of unbranched alkanes of at least 4 members (excludes halogenated alkanes) is 1. The minimum atomic E-state index is -0.434. The molecule has 0 spiro atoms. The average Bonchev–Trinajstić information content (AvgIpc) is 2.28. The summed E-state index contributed by atoms with van der Waals surface area (Å²) in [5.74, 6) is -0.573. The second kappa shape index (κ2) is 10.2. The van der Waals surface area contributed by atoms with Gasteiger partial charge < -0.3 is 14.8 Å². The van der Waals surface area contributed by atoms with Gasteiger partial charge in [-0.25, -0.2) is 4.79 Å². The Morgan fingerprint density at radius 3 is 2.75 bits per heavy atom. The molecule has 0 bridgehead atoms. The van der Waals surface area contributed by atoms with E-state index in [1.165, 1.54) is 19.3 Å². The highest BCUT2D eigenvalue weighted by Crippen LogP contribution is 1.84. The van der Waals surface area contributed by atoms with E-state index in [0.717, 1.165) is 12.8 Å². The number of ether oxygens (including phenoxy) is 2. The van der Waals surface area contributed by atoms with E-state index in [-0.39, 0.29) is 19.1 Å². The zero-order chi connectivity index (χ0) is 12.2. The molecule has 0 saturated carbocycles. The molecule has 0 aromatic heterocycles. The van der Waals surface area contributed by atoms with Gasteiger partial charge in [0.15, 0.2) is 0 Å². The normalized spacial score (nSPS) is 10.4. The molecule has 0 aromatic rings. The van der Waals surface area contributed by atoms with Crippen LogP contribution in [-0.2, 0) is 19.1 Å². The minimum Gasteiger partial charge on any atom is -0.466 e. The van der Waals surface area contributed by atoms with Gasteiger partial charge in [0, 0.05) is 12.6 Å². The molecule has 0 unspecified atom stereocenters. The van der Waals surface area contributed by atoms with Gasteiger partial charge in [0.2, 0.25) is 5.91 Å². The first-order chi connectivity index (χ1) is 7.70. The summed E-state index contributed by atoms with van der Waals surface area (Å²) in [4.78, 5) is 21.8. The third-order valence-corrected chi connectivity index (χ3v) is 1.75. The molecule has 1 amide bonds. The Morgan fingerprint density at radius 2 is 2.12 bits per heavy atom. The summed E-state index contributed by atoms with van der Waals surface area (Å²) in [6, 6.07) is 0. The summed E-state index contributed by atoms with van der Waals surface area (Å²) in [6.45, 7) is 2.96. The van der Waals surface area contributed by atoms with Crippen LogP contribution in [0.2, 0.25) is 0 Å². The number of methoxy groups -OCH3 is 1.